The molecule has 0 saturated heterocycles. The lowest BCUT2D eigenvalue weighted by molar-refractivity contribution is -0.130. The number of anilines is 1. The van der Waals surface area contributed by atoms with Gasteiger partial charge in [0.05, 0.1) is 12.1 Å². The fraction of sp³-hybridized carbons (Fsp3) is 0.333. The number of carbonyl (C=O) groups excluding carboxylic acids is 1. The van der Waals surface area contributed by atoms with Crippen LogP contribution in [0.2, 0.25) is 0 Å². The topological polar surface area (TPSA) is 64.9 Å². The zero-order valence-corrected chi connectivity index (χ0v) is 13.6. The Morgan fingerprint density at radius 3 is 2.74 bits per heavy atom. The van der Waals surface area contributed by atoms with Gasteiger partial charge in [0.25, 0.3) is 0 Å². The molecule has 1 heterocycles. The number of amidine groups is 1. The van der Waals surface area contributed by atoms with Crippen molar-refractivity contribution < 1.29 is 9.90 Å². The molecule has 5 nitrogen and oxygen atoms in total. The Morgan fingerprint density at radius 1 is 1.30 bits per heavy atom. The average molecular weight is 313 g/mol. The predicted octanol–water partition coefficient (Wildman–Crippen LogP) is 3.30. The van der Waals surface area contributed by atoms with E-state index < -0.39 is 0 Å². The number of aliphatic imine (C=N–C) groups is 1. The third-order valence-electron chi connectivity index (χ3n) is 3.73. The molecule has 0 fully saturated rings. The largest absolute Gasteiger partial charge is 0.506 e. The van der Waals surface area contributed by atoms with E-state index in [-0.39, 0.29) is 11.7 Å². The number of amides is 1. The summed E-state index contributed by atoms with van der Waals surface area (Å²) in [6.07, 6.45) is 6.52. The van der Waals surface area contributed by atoms with Crippen molar-refractivity contribution in [3.63, 3.8) is 0 Å². The van der Waals surface area contributed by atoms with E-state index in [0.29, 0.717) is 18.5 Å². The maximum Gasteiger partial charge on any atom is 0.226 e. The van der Waals surface area contributed by atoms with Crippen molar-refractivity contribution in [3.8, 4) is 5.75 Å². The van der Waals surface area contributed by atoms with E-state index in [1.165, 1.54) is 0 Å². The van der Waals surface area contributed by atoms with Gasteiger partial charge in [-0.25, -0.2) is 4.99 Å². The van der Waals surface area contributed by atoms with Crippen LogP contribution in [0.5, 0.6) is 5.75 Å². The second kappa shape index (κ2) is 8.17. The molecule has 0 radical (unpaired) electrons. The maximum atomic E-state index is 12.2. The van der Waals surface area contributed by atoms with Crippen molar-refractivity contribution in [2.24, 2.45) is 4.99 Å². The Hall–Kier alpha value is -2.56. The van der Waals surface area contributed by atoms with Gasteiger partial charge in [0.2, 0.25) is 5.91 Å². The van der Waals surface area contributed by atoms with E-state index in [0.717, 1.165) is 24.5 Å². The average Bonchev–Trinajstić information content (AvgIpc) is 2.76. The first-order valence-corrected chi connectivity index (χ1v) is 7.89. The summed E-state index contributed by atoms with van der Waals surface area (Å²) in [7, 11) is 0. The summed E-state index contributed by atoms with van der Waals surface area (Å²) >= 11 is 0. The standard InChI is InChI=1S/C18H23N3O2/c1-3-21(4-2)18(23)13-14-9-10-17(19-12-11-14)20-15-7-5-6-8-16(15)22/h5-9,11-12,22H,3-4,10,13H2,1-2H3,(H,19,20). The molecular weight excluding hydrogens is 290 g/mol. The Labute approximate surface area is 137 Å². The molecule has 2 rings (SSSR count). The Morgan fingerprint density at radius 2 is 2.04 bits per heavy atom. The Balaban J connectivity index is 1.99. The zero-order valence-electron chi connectivity index (χ0n) is 13.6. The molecule has 1 amide bonds. The smallest absolute Gasteiger partial charge is 0.226 e. The van der Waals surface area contributed by atoms with Gasteiger partial charge in [-0.15, -0.1) is 0 Å². The van der Waals surface area contributed by atoms with Crippen LogP contribution in [0.4, 0.5) is 5.69 Å². The third-order valence-corrected chi connectivity index (χ3v) is 3.73. The lowest BCUT2D eigenvalue weighted by Gasteiger charge is -2.18. The van der Waals surface area contributed by atoms with E-state index in [2.05, 4.69) is 10.3 Å². The quantitative estimate of drug-likeness (QED) is 0.820. The number of carbonyl (C=O) groups is 1. The molecule has 1 aliphatic rings. The Kier molecular flexibility index (Phi) is 5.97. The summed E-state index contributed by atoms with van der Waals surface area (Å²) in [5.74, 6) is 1.04. The minimum absolute atomic E-state index is 0.128. The van der Waals surface area contributed by atoms with Crippen molar-refractivity contribution in [2.75, 3.05) is 18.4 Å². The summed E-state index contributed by atoms with van der Waals surface area (Å²) in [5, 5.41) is 12.9. The molecular formula is C18H23N3O2. The highest BCUT2D eigenvalue weighted by Crippen LogP contribution is 2.22. The normalized spacial score (nSPS) is 13.8. The summed E-state index contributed by atoms with van der Waals surface area (Å²) in [6, 6.07) is 7.03. The number of nitrogens with one attached hydrogen (secondary N) is 1. The fourth-order valence-electron chi connectivity index (χ4n) is 2.38. The van der Waals surface area contributed by atoms with Crippen molar-refractivity contribution in [1.82, 2.24) is 4.90 Å². The summed E-state index contributed by atoms with van der Waals surface area (Å²) in [6.45, 7) is 5.41. The van der Waals surface area contributed by atoms with Crippen LogP contribution < -0.4 is 5.32 Å². The van der Waals surface area contributed by atoms with Crippen LogP contribution in [0.25, 0.3) is 0 Å². The van der Waals surface area contributed by atoms with Crippen LogP contribution in [0, 0.1) is 0 Å². The van der Waals surface area contributed by atoms with E-state index in [1.807, 2.05) is 37.0 Å². The summed E-state index contributed by atoms with van der Waals surface area (Å²) in [5.41, 5.74) is 1.58. The van der Waals surface area contributed by atoms with E-state index in [4.69, 9.17) is 0 Å². The highest BCUT2D eigenvalue weighted by molar-refractivity contribution is 5.98. The third kappa shape index (κ3) is 4.71. The number of benzene rings is 1. The molecule has 1 aromatic rings. The van der Waals surface area contributed by atoms with Crippen LogP contribution in [0.15, 0.2) is 53.2 Å². The lowest BCUT2D eigenvalue weighted by Crippen LogP contribution is -2.30. The summed E-state index contributed by atoms with van der Waals surface area (Å²) < 4.78 is 0. The van der Waals surface area contributed by atoms with Gasteiger partial charge in [-0.3, -0.25) is 4.79 Å². The number of para-hydroxylation sites is 2. The van der Waals surface area contributed by atoms with Crippen LogP contribution in [0.3, 0.4) is 0 Å². The van der Waals surface area contributed by atoms with Gasteiger partial charge >= 0.3 is 0 Å². The van der Waals surface area contributed by atoms with Gasteiger partial charge in [0.1, 0.15) is 11.6 Å². The monoisotopic (exact) mass is 313 g/mol. The molecule has 0 aliphatic carbocycles. The highest BCUT2D eigenvalue weighted by atomic mass is 16.3. The number of aromatic hydroxyl groups is 1. The molecule has 1 aromatic carbocycles. The molecule has 122 valence electrons. The zero-order chi connectivity index (χ0) is 16.7. The SMILES string of the molecule is CCN(CC)C(=O)CC1=CCC(Nc2ccccc2O)=NC=C1. The molecule has 0 saturated carbocycles. The molecule has 2 N–H and O–H groups in total. The van der Waals surface area contributed by atoms with Crippen molar-refractivity contribution in [1.29, 1.82) is 0 Å². The fourth-order valence-corrected chi connectivity index (χ4v) is 2.38. The van der Waals surface area contributed by atoms with Crippen LogP contribution >= 0.6 is 0 Å². The number of rotatable bonds is 5. The first kappa shape index (κ1) is 16.8. The number of hydrogen-bond donors (Lipinski definition) is 2. The van der Waals surface area contributed by atoms with Gasteiger partial charge < -0.3 is 15.3 Å². The Bertz CT molecular complexity index is 643. The van der Waals surface area contributed by atoms with Crippen LogP contribution in [0.1, 0.15) is 26.7 Å². The molecule has 0 unspecified atom stereocenters. The molecule has 5 heteroatoms. The van der Waals surface area contributed by atoms with Gasteiger partial charge in [0, 0.05) is 25.7 Å². The van der Waals surface area contributed by atoms with E-state index in [1.54, 1.807) is 24.4 Å². The highest BCUT2D eigenvalue weighted by Gasteiger charge is 2.12. The first-order valence-electron chi connectivity index (χ1n) is 7.89. The minimum atomic E-state index is 0.128. The number of phenolic OH excluding ortho intramolecular Hbond substituents is 1. The van der Waals surface area contributed by atoms with E-state index in [9.17, 15) is 9.90 Å². The van der Waals surface area contributed by atoms with Gasteiger partial charge in [-0.1, -0.05) is 18.2 Å². The van der Waals surface area contributed by atoms with E-state index >= 15 is 0 Å². The second-order valence-electron chi connectivity index (χ2n) is 5.26. The number of phenols is 1. The molecule has 0 atom stereocenters. The number of allylic oxidation sites excluding steroid dienone is 1. The molecule has 0 spiro atoms. The van der Waals surface area contributed by atoms with Crippen LogP contribution in [-0.2, 0) is 4.79 Å². The first-order chi connectivity index (χ1) is 11.1. The van der Waals surface area contributed by atoms with Crippen LogP contribution in [-0.4, -0.2) is 34.8 Å². The van der Waals surface area contributed by atoms with Crippen molar-refractivity contribution in [2.45, 2.75) is 26.7 Å². The molecule has 23 heavy (non-hydrogen) atoms. The summed E-state index contributed by atoms with van der Waals surface area (Å²) in [4.78, 5) is 18.3. The lowest BCUT2D eigenvalue weighted by atomic mass is 10.1. The number of hydrogen-bond acceptors (Lipinski definition) is 4. The minimum Gasteiger partial charge on any atom is -0.506 e. The molecule has 0 bridgehead atoms. The van der Waals surface area contributed by atoms with Gasteiger partial charge in [-0.05, 0) is 37.6 Å². The van der Waals surface area contributed by atoms with Crippen molar-refractivity contribution in [3.05, 3.63) is 48.2 Å². The van der Waals surface area contributed by atoms with Gasteiger partial charge in [-0.2, -0.15) is 0 Å². The van der Waals surface area contributed by atoms with Crippen molar-refractivity contribution >= 4 is 17.4 Å². The maximum absolute atomic E-state index is 12.2. The molecule has 0 aromatic heterocycles. The second-order valence-corrected chi connectivity index (χ2v) is 5.26. The number of nitrogens with zero attached hydrogens (tertiary/aromatic N) is 2. The van der Waals surface area contributed by atoms with Gasteiger partial charge in [0.15, 0.2) is 0 Å². The molecule has 1 aliphatic heterocycles. The predicted molar refractivity (Wildman–Crippen MR) is 93.5 cm³/mol.